The fourth-order valence-corrected chi connectivity index (χ4v) is 3.86. The summed E-state index contributed by atoms with van der Waals surface area (Å²) in [5.74, 6) is -0.681. The molecule has 0 unspecified atom stereocenters. The van der Waals surface area contributed by atoms with E-state index in [1.807, 2.05) is 32.0 Å². The summed E-state index contributed by atoms with van der Waals surface area (Å²) in [5, 5.41) is 2.83. The fourth-order valence-electron chi connectivity index (χ4n) is 3.86. The summed E-state index contributed by atoms with van der Waals surface area (Å²) in [4.78, 5) is 38.5. The number of benzene rings is 1. The lowest BCUT2D eigenvalue weighted by Crippen LogP contribution is -2.41. The molecule has 2 aliphatic rings. The van der Waals surface area contributed by atoms with Gasteiger partial charge in [-0.3, -0.25) is 19.3 Å². The number of nitrogens with zero attached hydrogens (tertiary/aromatic N) is 1. The highest BCUT2D eigenvalue weighted by Crippen LogP contribution is 2.45. The molecule has 24 heavy (non-hydrogen) atoms. The zero-order valence-corrected chi connectivity index (χ0v) is 14.4. The minimum Gasteiger partial charge on any atom is -0.324 e. The molecule has 1 aromatic carbocycles. The Morgan fingerprint density at radius 2 is 1.88 bits per heavy atom. The Bertz CT molecular complexity index is 690. The zero-order chi connectivity index (χ0) is 17.3. The molecular formula is C19H24N2O3. The van der Waals surface area contributed by atoms with Gasteiger partial charge in [-0.05, 0) is 43.9 Å². The first kappa shape index (κ1) is 16.7. The molecule has 1 aliphatic carbocycles. The largest absolute Gasteiger partial charge is 0.324 e. The van der Waals surface area contributed by atoms with Gasteiger partial charge in [0.05, 0.1) is 5.41 Å². The summed E-state index contributed by atoms with van der Waals surface area (Å²) < 4.78 is 0. The van der Waals surface area contributed by atoms with E-state index in [1.165, 1.54) is 0 Å². The molecule has 1 aromatic rings. The molecule has 1 saturated heterocycles. The van der Waals surface area contributed by atoms with Crippen LogP contribution in [-0.2, 0) is 14.4 Å². The number of imide groups is 1. The van der Waals surface area contributed by atoms with Gasteiger partial charge in [-0.25, -0.2) is 0 Å². The van der Waals surface area contributed by atoms with Crippen molar-refractivity contribution in [2.75, 3.05) is 11.9 Å². The quantitative estimate of drug-likeness (QED) is 0.868. The molecule has 5 nitrogen and oxygen atoms in total. The standard InChI is InChI=1S/C19H24N2O3/c1-13-7-6-8-15(14(13)2)20-16(22)12-21-17(23)11-19(18(21)24)9-4-3-5-10-19/h6-8H,3-5,9-12H2,1-2H3,(H,20,22). The fraction of sp³-hybridized carbons (Fsp3) is 0.526. The van der Waals surface area contributed by atoms with Gasteiger partial charge in [0.2, 0.25) is 17.7 Å². The molecule has 1 N–H and O–H groups in total. The van der Waals surface area contributed by atoms with Crippen molar-refractivity contribution < 1.29 is 14.4 Å². The number of likely N-dealkylation sites (tertiary alicyclic amines) is 1. The first-order valence-corrected chi connectivity index (χ1v) is 8.64. The van der Waals surface area contributed by atoms with Gasteiger partial charge in [0, 0.05) is 12.1 Å². The van der Waals surface area contributed by atoms with Crippen molar-refractivity contribution in [1.82, 2.24) is 4.90 Å². The second kappa shape index (κ2) is 6.38. The van der Waals surface area contributed by atoms with Gasteiger partial charge >= 0.3 is 0 Å². The van der Waals surface area contributed by atoms with Crippen LogP contribution in [0.15, 0.2) is 18.2 Å². The maximum atomic E-state index is 12.7. The molecule has 0 aromatic heterocycles. The van der Waals surface area contributed by atoms with E-state index < -0.39 is 5.41 Å². The predicted molar refractivity (Wildman–Crippen MR) is 91.4 cm³/mol. The number of carbonyl (C=O) groups is 3. The summed E-state index contributed by atoms with van der Waals surface area (Å²) in [6.07, 6.45) is 4.90. The summed E-state index contributed by atoms with van der Waals surface area (Å²) in [5.41, 5.74) is 2.27. The van der Waals surface area contributed by atoms with E-state index in [9.17, 15) is 14.4 Å². The van der Waals surface area contributed by atoms with Gasteiger partial charge in [0.15, 0.2) is 0 Å². The van der Waals surface area contributed by atoms with E-state index in [-0.39, 0.29) is 30.7 Å². The van der Waals surface area contributed by atoms with Crippen molar-refractivity contribution >= 4 is 23.4 Å². The maximum Gasteiger partial charge on any atom is 0.244 e. The number of nitrogens with one attached hydrogen (secondary N) is 1. The Kier molecular flexibility index (Phi) is 4.43. The highest BCUT2D eigenvalue weighted by Gasteiger charge is 2.51. The second-order valence-corrected chi connectivity index (χ2v) is 7.10. The van der Waals surface area contributed by atoms with Crippen molar-refractivity contribution in [2.45, 2.75) is 52.4 Å². The van der Waals surface area contributed by atoms with Crippen molar-refractivity contribution in [3.05, 3.63) is 29.3 Å². The topological polar surface area (TPSA) is 66.5 Å². The minimum atomic E-state index is -0.533. The van der Waals surface area contributed by atoms with Crippen LogP contribution in [0.4, 0.5) is 5.69 Å². The Balaban J connectivity index is 1.69. The van der Waals surface area contributed by atoms with Crippen LogP contribution in [0, 0.1) is 19.3 Å². The van der Waals surface area contributed by atoms with Crippen LogP contribution in [-0.4, -0.2) is 29.2 Å². The molecule has 3 rings (SSSR count). The Morgan fingerprint density at radius 3 is 2.58 bits per heavy atom. The van der Waals surface area contributed by atoms with Crippen LogP contribution < -0.4 is 5.32 Å². The van der Waals surface area contributed by atoms with Crippen LogP contribution >= 0.6 is 0 Å². The molecule has 3 amide bonds. The number of amides is 3. The molecule has 5 heteroatoms. The molecule has 1 aliphatic heterocycles. The number of rotatable bonds is 3. The van der Waals surface area contributed by atoms with E-state index in [1.54, 1.807) is 0 Å². The zero-order valence-electron chi connectivity index (χ0n) is 14.4. The first-order valence-electron chi connectivity index (χ1n) is 8.64. The molecule has 0 atom stereocenters. The molecule has 1 spiro atoms. The van der Waals surface area contributed by atoms with Crippen LogP contribution in [0.3, 0.4) is 0 Å². The van der Waals surface area contributed by atoms with Gasteiger partial charge < -0.3 is 5.32 Å². The second-order valence-electron chi connectivity index (χ2n) is 7.10. The molecule has 2 fully saturated rings. The summed E-state index contributed by atoms with van der Waals surface area (Å²) in [6, 6.07) is 5.68. The van der Waals surface area contributed by atoms with Crippen LogP contribution in [0.2, 0.25) is 0 Å². The number of carbonyl (C=O) groups excluding carboxylic acids is 3. The molecule has 0 bridgehead atoms. The van der Waals surface area contributed by atoms with Crippen molar-refractivity contribution in [2.24, 2.45) is 5.41 Å². The highest BCUT2D eigenvalue weighted by atomic mass is 16.2. The van der Waals surface area contributed by atoms with Gasteiger partial charge in [-0.15, -0.1) is 0 Å². The average Bonchev–Trinajstić information content (AvgIpc) is 2.77. The third-order valence-corrected chi connectivity index (χ3v) is 5.48. The van der Waals surface area contributed by atoms with Crippen LogP contribution in [0.5, 0.6) is 0 Å². The summed E-state index contributed by atoms with van der Waals surface area (Å²) in [7, 11) is 0. The molecular weight excluding hydrogens is 304 g/mol. The lowest BCUT2D eigenvalue weighted by Gasteiger charge is -2.30. The number of hydrogen-bond acceptors (Lipinski definition) is 3. The average molecular weight is 328 g/mol. The highest BCUT2D eigenvalue weighted by molar-refractivity contribution is 6.09. The van der Waals surface area contributed by atoms with Crippen molar-refractivity contribution in [1.29, 1.82) is 0 Å². The van der Waals surface area contributed by atoms with Gasteiger partial charge in [0.25, 0.3) is 0 Å². The van der Waals surface area contributed by atoms with E-state index >= 15 is 0 Å². The summed E-state index contributed by atoms with van der Waals surface area (Å²) in [6.45, 7) is 3.73. The lowest BCUT2D eigenvalue weighted by atomic mass is 9.73. The predicted octanol–water partition coefficient (Wildman–Crippen LogP) is 2.95. The van der Waals surface area contributed by atoms with Crippen molar-refractivity contribution in [3.63, 3.8) is 0 Å². The normalized spacial score (nSPS) is 19.8. The maximum absolute atomic E-state index is 12.7. The third kappa shape index (κ3) is 2.95. The third-order valence-electron chi connectivity index (χ3n) is 5.48. The number of anilines is 1. The number of hydrogen-bond donors (Lipinski definition) is 1. The van der Waals surface area contributed by atoms with E-state index in [4.69, 9.17) is 0 Å². The van der Waals surface area contributed by atoms with Crippen molar-refractivity contribution in [3.8, 4) is 0 Å². The first-order chi connectivity index (χ1) is 11.4. The Morgan fingerprint density at radius 1 is 1.17 bits per heavy atom. The van der Waals surface area contributed by atoms with Gasteiger partial charge in [-0.1, -0.05) is 31.4 Å². The molecule has 0 radical (unpaired) electrons. The lowest BCUT2D eigenvalue weighted by molar-refractivity contribution is -0.144. The Hall–Kier alpha value is -2.17. The monoisotopic (exact) mass is 328 g/mol. The van der Waals surface area contributed by atoms with E-state index in [2.05, 4.69) is 5.32 Å². The van der Waals surface area contributed by atoms with Crippen LogP contribution in [0.1, 0.15) is 49.7 Å². The molecule has 128 valence electrons. The van der Waals surface area contributed by atoms with Gasteiger partial charge in [0.1, 0.15) is 6.54 Å². The van der Waals surface area contributed by atoms with E-state index in [0.29, 0.717) is 0 Å². The number of aryl methyl sites for hydroxylation is 1. The Labute approximate surface area is 142 Å². The molecule has 1 heterocycles. The smallest absolute Gasteiger partial charge is 0.244 e. The minimum absolute atomic E-state index is 0.150. The van der Waals surface area contributed by atoms with E-state index in [0.717, 1.165) is 53.8 Å². The SMILES string of the molecule is Cc1cccc(NC(=O)CN2C(=O)CC3(CCCCC3)C2=O)c1C. The van der Waals surface area contributed by atoms with Gasteiger partial charge in [-0.2, -0.15) is 0 Å². The summed E-state index contributed by atoms with van der Waals surface area (Å²) >= 11 is 0. The van der Waals surface area contributed by atoms with Crippen LogP contribution in [0.25, 0.3) is 0 Å². The molecule has 1 saturated carbocycles.